The molecule has 0 saturated heterocycles. The SMILES string of the molecule is CC(=O)OC(C)(C)/C=C/C(=O)[C@](C)(O)[C@H]1C(=O)C[C@@]2(C)[C@@H]3CC=C4[C@@H](C[C@H](OS(=O)(=O)c5ccc(C)cc5)C(=O)C4(C)C)[C@]3(C)C(=O)C[C@]12C. The topological polar surface area (TPSA) is 158 Å². The number of ether oxygens (including phenoxy) is 1. The van der Waals surface area contributed by atoms with Gasteiger partial charge in [0.1, 0.15) is 28.9 Å². The molecule has 0 spiro atoms. The summed E-state index contributed by atoms with van der Waals surface area (Å²) in [6.07, 6.45) is 3.42. The number of fused-ring (bicyclic) bond motifs is 5. The summed E-state index contributed by atoms with van der Waals surface area (Å²) in [6, 6.07) is 6.16. The van der Waals surface area contributed by atoms with Crippen molar-refractivity contribution in [3.05, 3.63) is 53.6 Å². The highest BCUT2D eigenvalue weighted by Gasteiger charge is 2.75. The van der Waals surface area contributed by atoms with E-state index < -0.39 is 78.6 Å². The predicted molar refractivity (Wildman–Crippen MR) is 184 cm³/mol. The van der Waals surface area contributed by atoms with Gasteiger partial charge in [0.25, 0.3) is 10.1 Å². The van der Waals surface area contributed by atoms with Gasteiger partial charge < -0.3 is 9.84 Å². The zero-order valence-electron chi connectivity index (χ0n) is 30.7. The minimum absolute atomic E-state index is 0.0216. The maximum absolute atomic E-state index is 14.7. The van der Waals surface area contributed by atoms with E-state index in [1.807, 2.05) is 33.8 Å². The van der Waals surface area contributed by atoms with Gasteiger partial charge in [0.15, 0.2) is 11.6 Å². The molecule has 11 heteroatoms. The van der Waals surface area contributed by atoms with E-state index in [-0.39, 0.29) is 41.5 Å². The summed E-state index contributed by atoms with van der Waals surface area (Å²) in [7, 11) is -4.32. The Hall–Kier alpha value is -3.28. The minimum Gasteiger partial charge on any atom is -0.456 e. The van der Waals surface area contributed by atoms with Gasteiger partial charge in [-0.25, -0.2) is 0 Å². The van der Waals surface area contributed by atoms with Crippen LogP contribution in [-0.4, -0.2) is 59.9 Å². The van der Waals surface area contributed by atoms with Gasteiger partial charge in [0.05, 0.1) is 10.8 Å². The van der Waals surface area contributed by atoms with Crippen molar-refractivity contribution in [2.75, 3.05) is 0 Å². The second kappa shape index (κ2) is 11.9. The summed E-state index contributed by atoms with van der Waals surface area (Å²) in [5.41, 5.74) is -5.85. The Morgan fingerprint density at radius 3 is 2.14 bits per heavy atom. The molecule has 0 heterocycles. The quantitative estimate of drug-likeness (QED) is 0.160. The van der Waals surface area contributed by atoms with Gasteiger partial charge in [-0.05, 0) is 101 Å². The molecule has 0 amide bonds. The van der Waals surface area contributed by atoms with Crippen LogP contribution in [0.4, 0.5) is 0 Å². The lowest BCUT2D eigenvalue weighted by Crippen LogP contribution is -2.65. The highest BCUT2D eigenvalue weighted by molar-refractivity contribution is 7.86. The summed E-state index contributed by atoms with van der Waals surface area (Å²) in [4.78, 5) is 67.8. The Balaban J connectivity index is 1.51. The molecule has 272 valence electrons. The van der Waals surface area contributed by atoms with Gasteiger partial charge in [-0.2, -0.15) is 8.42 Å². The van der Waals surface area contributed by atoms with Crippen LogP contribution in [0.3, 0.4) is 0 Å². The average Bonchev–Trinajstić information content (AvgIpc) is 3.19. The molecule has 3 fully saturated rings. The van der Waals surface area contributed by atoms with E-state index in [0.717, 1.165) is 17.2 Å². The Bertz CT molecular complexity index is 1830. The van der Waals surface area contributed by atoms with Crippen LogP contribution in [0, 0.1) is 46.3 Å². The van der Waals surface area contributed by atoms with Gasteiger partial charge in [0.2, 0.25) is 0 Å². The lowest BCUT2D eigenvalue weighted by atomic mass is 9.38. The monoisotopic (exact) mass is 710 g/mol. The first-order valence-electron chi connectivity index (χ1n) is 17.2. The zero-order valence-corrected chi connectivity index (χ0v) is 31.5. The summed E-state index contributed by atoms with van der Waals surface area (Å²) < 4.78 is 37.7. The first-order valence-corrected chi connectivity index (χ1v) is 18.6. The molecule has 1 N–H and O–H groups in total. The highest BCUT2D eigenvalue weighted by atomic mass is 32.2. The Kier molecular flexibility index (Phi) is 9.02. The van der Waals surface area contributed by atoms with Crippen LogP contribution in [0.2, 0.25) is 0 Å². The third-order valence-corrected chi connectivity index (χ3v) is 14.2. The lowest BCUT2D eigenvalue weighted by molar-refractivity contribution is -0.181. The fraction of sp³-hybridized carbons (Fsp3) is 0.615. The molecule has 0 radical (unpaired) electrons. The molecule has 4 aliphatic rings. The van der Waals surface area contributed by atoms with E-state index in [4.69, 9.17) is 8.92 Å². The minimum atomic E-state index is -4.32. The number of allylic oxidation sites excluding steroid dienone is 2. The molecule has 8 atom stereocenters. The number of carbonyl (C=O) groups excluding carboxylic acids is 5. The van der Waals surface area contributed by atoms with Gasteiger partial charge in [-0.3, -0.25) is 28.2 Å². The summed E-state index contributed by atoms with van der Waals surface area (Å²) in [5, 5.41) is 11.9. The zero-order chi connectivity index (χ0) is 37.6. The number of ketones is 4. The number of hydrogen-bond acceptors (Lipinski definition) is 10. The predicted octanol–water partition coefficient (Wildman–Crippen LogP) is 5.43. The Labute approximate surface area is 295 Å². The number of aryl methyl sites for hydroxylation is 1. The largest absolute Gasteiger partial charge is 0.456 e. The molecule has 1 aromatic carbocycles. The number of aliphatic hydroxyl groups is 1. The van der Waals surface area contributed by atoms with Crippen molar-refractivity contribution in [3.8, 4) is 0 Å². The van der Waals surface area contributed by atoms with Crippen LogP contribution >= 0.6 is 0 Å². The van der Waals surface area contributed by atoms with Gasteiger partial charge in [0, 0.05) is 30.6 Å². The number of hydrogen-bond donors (Lipinski definition) is 1. The van der Waals surface area contributed by atoms with Crippen molar-refractivity contribution in [1.82, 2.24) is 0 Å². The van der Waals surface area contributed by atoms with E-state index >= 15 is 0 Å². The highest BCUT2D eigenvalue weighted by Crippen LogP contribution is 2.73. The van der Waals surface area contributed by atoms with Gasteiger partial charge in [-0.15, -0.1) is 0 Å². The average molecular weight is 711 g/mol. The molecule has 1 aromatic rings. The second-order valence-electron chi connectivity index (χ2n) is 16.9. The third kappa shape index (κ3) is 5.68. The van der Waals surface area contributed by atoms with E-state index in [0.29, 0.717) is 6.42 Å². The Morgan fingerprint density at radius 2 is 1.56 bits per heavy atom. The van der Waals surface area contributed by atoms with E-state index in [9.17, 15) is 37.5 Å². The maximum atomic E-state index is 14.7. The molecular weight excluding hydrogens is 660 g/mol. The molecular formula is C39H50O10S. The van der Waals surface area contributed by atoms with Crippen molar-refractivity contribution >= 4 is 39.2 Å². The van der Waals surface area contributed by atoms with Crippen LogP contribution in [-0.2, 0) is 43.0 Å². The first kappa shape index (κ1) is 38.0. The molecule has 5 rings (SSSR count). The summed E-state index contributed by atoms with van der Waals surface area (Å²) in [6.45, 7) is 16.7. The molecule has 50 heavy (non-hydrogen) atoms. The number of Topliss-reactive ketones (excluding diaryl/α,β-unsaturated/α-hetero) is 3. The van der Waals surface area contributed by atoms with Crippen LogP contribution < -0.4 is 0 Å². The Morgan fingerprint density at radius 1 is 0.960 bits per heavy atom. The normalized spacial score (nSPS) is 35.1. The van der Waals surface area contributed by atoms with Crippen LogP contribution in [0.1, 0.15) is 93.6 Å². The number of rotatable bonds is 8. The molecule has 4 aliphatic carbocycles. The summed E-state index contributed by atoms with van der Waals surface area (Å²) >= 11 is 0. The van der Waals surface area contributed by atoms with Gasteiger partial charge in [-0.1, -0.05) is 50.1 Å². The van der Waals surface area contributed by atoms with Crippen molar-refractivity contribution < 1.29 is 46.4 Å². The molecule has 0 aliphatic heterocycles. The number of esters is 1. The van der Waals surface area contributed by atoms with E-state index in [2.05, 4.69) is 0 Å². The van der Waals surface area contributed by atoms with Crippen LogP contribution in [0.15, 0.2) is 53.0 Å². The second-order valence-corrected chi connectivity index (χ2v) is 18.5. The standard InChI is InChI=1S/C39H50O10S/c1-22-11-13-24(14-12-22)50(46,47)49-28-19-26-25(35(5,6)33(28)44)15-16-29-36(7)20-27(41)32(37(36,8)21-31(43)38(26,29)9)39(10,45)30(42)17-18-34(3,4)48-23(2)40/h11-15,17-18,26,28-29,32,45H,16,19-21H2,1-10H3/b18-17+/t26-,28+,29+,32+,36+,37-,38+,39+/m1/s1. The fourth-order valence-corrected chi connectivity index (χ4v) is 11.1. The van der Waals surface area contributed by atoms with E-state index in [1.54, 1.807) is 39.8 Å². The molecule has 0 aromatic heterocycles. The smallest absolute Gasteiger partial charge is 0.303 e. The lowest BCUT2D eigenvalue weighted by Gasteiger charge is -2.64. The number of carbonyl (C=O) groups is 5. The third-order valence-electron chi connectivity index (χ3n) is 12.8. The molecule has 0 unspecified atom stereocenters. The van der Waals surface area contributed by atoms with Crippen LogP contribution in [0.5, 0.6) is 0 Å². The van der Waals surface area contributed by atoms with Gasteiger partial charge >= 0.3 is 5.97 Å². The van der Waals surface area contributed by atoms with Crippen molar-refractivity contribution in [2.45, 2.75) is 117 Å². The molecule has 0 bridgehead atoms. The van der Waals surface area contributed by atoms with E-state index in [1.165, 1.54) is 32.1 Å². The maximum Gasteiger partial charge on any atom is 0.303 e. The molecule has 10 nitrogen and oxygen atoms in total. The van der Waals surface area contributed by atoms with Crippen LogP contribution in [0.25, 0.3) is 0 Å². The summed E-state index contributed by atoms with van der Waals surface area (Å²) in [5.74, 6) is -4.33. The van der Waals surface area contributed by atoms with Crippen molar-refractivity contribution in [1.29, 1.82) is 0 Å². The first-order chi connectivity index (χ1) is 22.8. The van der Waals surface area contributed by atoms with Crippen molar-refractivity contribution in [2.24, 2.45) is 39.4 Å². The fourth-order valence-electron chi connectivity index (χ4n) is 10.1. The van der Waals surface area contributed by atoms with Crippen molar-refractivity contribution in [3.63, 3.8) is 0 Å². The molecule has 3 saturated carbocycles. The number of benzene rings is 1.